The monoisotopic (exact) mass is 1100 g/mol. The number of benzene rings is 4. The summed E-state index contributed by atoms with van der Waals surface area (Å²) in [7, 11) is 0. The molecular formula is C57H77N15O8. The summed E-state index contributed by atoms with van der Waals surface area (Å²) in [5.41, 5.74) is 42.0. The average Bonchev–Trinajstić information content (AvgIpc) is 4.06. The molecule has 2 aliphatic rings. The van der Waals surface area contributed by atoms with Gasteiger partial charge in [-0.3, -0.25) is 39.1 Å². The van der Waals surface area contributed by atoms with Gasteiger partial charge in [0.25, 0.3) is 0 Å². The lowest BCUT2D eigenvalue weighted by molar-refractivity contribution is -0.124. The number of fused-ring (bicyclic) bond motifs is 2. The number of guanidine groups is 3. The van der Waals surface area contributed by atoms with Crippen molar-refractivity contribution in [3.63, 3.8) is 0 Å². The number of phenols is 2. The van der Waals surface area contributed by atoms with E-state index in [1.54, 1.807) is 73.7 Å². The lowest BCUT2D eigenvalue weighted by atomic mass is 9.89. The Morgan fingerprint density at radius 2 is 0.812 bits per heavy atom. The second kappa shape index (κ2) is 32.5. The molecule has 4 amide bonds. The molecule has 2 aliphatic heterocycles. The van der Waals surface area contributed by atoms with Crippen LogP contribution in [0, 0.1) is 0 Å². The zero-order valence-corrected chi connectivity index (χ0v) is 45.2. The Balaban J connectivity index is 0.000000294. The first-order valence-electron chi connectivity index (χ1n) is 26.6. The average molecular weight is 1100 g/mol. The van der Waals surface area contributed by atoms with Crippen molar-refractivity contribution in [1.29, 1.82) is 0 Å². The molecule has 2 heterocycles. The Morgan fingerprint density at radius 3 is 1.15 bits per heavy atom. The SMILES string of the molecule is CC(N)=NCCCCNC(=O)/C=C/c1ccc2c(c1)[C@@H](C(=O)NCCCCN=C(N)N)[C@H](c1ccc(O)cc1)O2.NC(N)=NCCCCNC(=O)/C=C/c1ccc2c(c1)[C@H](C(=O)NCCCCN=C(N)N)[C@H](c1ccc(O)cc1)O2. The number of amidine groups is 1. The molecule has 0 aromatic heterocycles. The van der Waals surface area contributed by atoms with Crippen LogP contribution in [0.4, 0.5) is 0 Å². The van der Waals surface area contributed by atoms with E-state index in [1.165, 1.54) is 12.2 Å². The fourth-order valence-corrected chi connectivity index (χ4v) is 8.54. The molecule has 0 saturated heterocycles. The Bertz CT molecular complexity index is 2660. The van der Waals surface area contributed by atoms with Gasteiger partial charge in [0.15, 0.2) is 17.9 Å². The first-order chi connectivity index (χ1) is 38.5. The number of rotatable bonds is 28. The zero-order chi connectivity index (χ0) is 57.8. The molecule has 428 valence electrons. The minimum atomic E-state index is -0.621. The molecule has 0 unspecified atom stereocenters. The fraction of sp³-hybridized carbons (Fsp3) is 0.368. The molecule has 4 aromatic rings. The largest absolute Gasteiger partial charge is 0.508 e. The quantitative estimate of drug-likeness (QED) is 0.0168. The van der Waals surface area contributed by atoms with E-state index in [0.29, 0.717) is 82.5 Å². The van der Waals surface area contributed by atoms with Gasteiger partial charge in [-0.25, -0.2) is 0 Å². The molecule has 23 heteroatoms. The van der Waals surface area contributed by atoms with Crippen LogP contribution in [0.25, 0.3) is 12.2 Å². The number of ether oxygens (including phenoxy) is 2. The van der Waals surface area contributed by atoms with E-state index < -0.39 is 24.0 Å². The number of aromatic hydroxyl groups is 2. The maximum Gasteiger partial charge on any atom is 0.243 e. The lowest BCUT2D eigenvalue weighted by Gasteiger charge is -2.19. The van der Waals surface area contributed by atoms with Gasteiger partial charge in [-0.15, -0.1) is 0 Å². The Kier molecular flexibility index (Phi) is 25.0. The number of nitrogens with zero attached hydrogens (tertiary/aromatic N) is 4. The van der Waals surface area contributed by atoms with Gasteiger partial charge in [-0.05, 0) is 141 Å². The predicted molar refractivity (Wildman–Crippen MR) is 313 cm³/mol. The van der Waals surface area contributed by atoms with Crippen molar-refractivity contribution >= 4 is 59.5 Å². The van der Waals surface area contributed by atoms with Crippen LogP contribution in [0.15, 0.2) is 117 Å². The summed E-state index contributed by atoms with van der Waals surface area (Å²) in [6.07, 6.45) is 11.2. The van der Waals surface area contributed by atoms with E-state index in [-0.39, 0.29) is 53.0 Å². The highest BCUT2D eigenvalue weighted by molar-refractivity contribution is 5.93. The van der Waals surface area contributed by atoms with Crippen molar-refractivity contribution in [1.82, 2.24) is 21.3 Å². The summed E-state index contributed by atoms with van der Waals surface area (Å²) in [6, 6.07) is 24.2. The number of carbonyl (C=O) groups excluding carboxylic acids is 4. The third-order valence-corrected chi connectivity index (χ3v) is 12.5. The van der Waals surface area contributed by atoms with Gasteiger partial charge in [0, 0.05) is 75.6 Å². The summed E-state index contributed by atoms with van der Waals surface area (Å²) in [5, 5.41) is 31.1. The summed E-state index contributed by atoms with van der Waals surface area (Å²) < 4.78 is 12.4. The number of unbranched alkanes of at least 4 members (excludes halogenated alkanes) is 4. The molecule has 23 nitrogen and oxygen atoms in total. The molecule has 4 atom stereocenters. The van der Waals surface area contributed by atoms with E-state index in [9.17, 15) is 29.4 Å². The summed E-state index contributed by atoms with van der Waals surface area (Å²) in [4.78, 5) is 67.3. The molecule has 0 radical (unpaired) electrons. The van der Waals surface area contributed by atoms with E-state index >= 15 is 0 Å². The standard InChI is InChI=1S/C29H39N7O4.C28H38N8O4/c1-19(30)33-14-2-3-15-34-25(38)13-7-20-6-12-24-23(18-20)26(27(40-24)21-8-10-22(37)11-9-21)28(39)35-16-4-5-17-36-29(31)32;29-27(30)35-15-3-1-13-33-23(38)12-6-18-5-11-22-21(17-18)24(25(40-22)19-7-9-20(37)10-8-19)26(39)34-14-2-4-16-36-28(31)32/h6-13,18,26-27,37H,2-5,14-17H2,1H3,(H2,30,33)(H,34,38)(H,35,39)(H4,31,32,36);5-12,17,24-25,37H,1-4,13-16H2,(H,33,38)(H,34,39)(H4,29,30,35)(H4,31,32,36)/b13-7+;12-6+/t26-,27+;24-,25-/m10/s1. The van der Waals surface area contributed by atoms with Crippen molar-refractivity contribution in [3.8, 4) is 23.0 Å². The molecule has 6 rings (SSSR count). The molecule has 0 saturated carbocycles. The Morgan fingerprint density at radius 1 is 0.475 bits per heavy atom. The van der Waals surface area contributed by atoms with Crippen LogP contribution in [0.5, 0.6) is 23.0 Å². The van der Waals surface area contributed by atoms with Crippen molar-refractivity contribution in [3.05, 3.63) is 130 Å². The van der Waals surface area contributed by atoms with Gasteiger partial charge in [-0.2, -0.15) is 0 Å². The second-order valence-electron chi connectivity index (χ2n) is 18.9. The molecule has 0 spiro atoms. The predicted octanol–water partition coefficient (Wildman–Crippen LogP) is 3.03. The van der Waals surface area contributed by atoms with Gasteiger partial charge in [0.2, 0.25) is 23.6 Å². The van der Waals surface area contributed by atoms with Gasteiger partial charge >= 0.3 is 0 Å². The Hall–Kier alpha value is -9.28. The smallest absolute Gasteiger partial charge is 0.243 e. The van der Waals surface area contributed by atoms with Gasteiger partial charge in [0.05, 0.1) is 5.84 Å². The van der Waals surface area contributed by atoms with Crippen LogP contribution in [0.2, 0.25) is 0 Å². The highest BCUT2D eigenvalue weighted by atomic mass is 16.5. The highest BCUT2D eigenvalue weighted by Gasteiger charge is 2.42. The van der Waals surface area contributed by atoms with Crippen LogP contribution in [-0.2, 0) is 19.2 Å². The topological polar surface area (TPSA) is 407 Å². The maximum atomic E-state index is 13.4. The number of nitrogens with two attached hydrogens (primary N) is 7. The number of phenolic OH excluding ortho intramolecular Hbond substituents is 2. The van der Waals surface area contributed by atoms with Gasteiger partial charge < -0.3 is 81.1 Å². The third-order valence-electron chi connectivity index (χ3n) is 12.5. The number of nitrogens with one attached hydrogen (secondary N) is 4. The summed E-state index contributed by atoms with van der Waals surface area (Å²) in [6.45, 7) is 5.86. The second-order valence-corrected chi connectivity index (χ2v) is 18.9. The third kappa shape index (κ3) is 20.9. The van der Waals surface area contributed by atoms with Gasteiger partial charge in [0.1, 0.15) is 47.0 Å². The number of amides is 4. The zero-order valence-electron chi connectivity index (χ0n) is 45.2. The molecule has 20 N–H and O–H groups in total. The van der Waals surface area contributed by atoms with Crippen molar-refractivity contribution < 1.29 is 38.9 Å². The van der Waals surface area contributed by atoms with Gasteiger partial charge in [-0.1, -0.05) is 36.4 Å². The summed E-state index contributed by atoms with van der Waals surface area (Å²) in [5.74, 6) is 0.133. The van der Waals surface area contributed by atoms with Crippen LogP contribution in [-0.4, -0.2) is 110 Å². The normalized spacial score (nSPS) is 15.9. The van der Waals surface area contributed by atoms with Crippen molar-refractivity contribution in [2.45, 2.75) is 82.3 Å². The number of hydrogen-bond acceptors (Lipinski definition) is 12. The molecular weight excluding hydrogens is 1020 g/mol. The number of aliphatic imine (C=N–C) groups is 4. The Labute approximate surface area is 466 Å². The lowest BCUT2D eigenvalue weighted by Crippen LogP contribution is -2.32. The van der Waals surface area contributed by atoms with Crippen molar-refractivity contribution in [2.75, 3.05) is 52.4 Å². The van der Waals surface area contributed by atoms with Crippen LogP contribution in [0.1, 0.15) is 116 Å². The van der Waals surface area contributed by atoms with E-state index in [2.05, 4.69) is 41.2 Å². The first-order valence-corrected chi connectivity index (χ1v) is 26.6. The minimum absolute atomic E-state index is 0.0438. The molecule has 0 aliphatic carbocycles. The van der Waals surface area contributed by atoms with Crippen molar-refractivity contribution in [2.24, 2.45) is 60.1 Å². The molecule has 0 bridgehead atoms. The number of carbonyl (C=O) groups is 4. The number of hydrogen-bond donors (Lipinski definition) is 13. The van der Waals surface area contributed by atoms with E-state index in [1.807, 2.05) is 30.3 Å². The van der Waals surface area contributed by atoms with E-state index in [0.717, 1.165) is 71.9 Å². The highest BCUT2D eigenvalue weighted by Crippen LogP contribution is 2.48. The molecule has 0 fully saturated rings. The van der Waals surface area contributed by atoms with E-state index in [4.69, 9.17) is 49.6 Å². The summed E-state index contributed by atoms with van der Waals surface area (Å²) >= 11 is 0. The van der Waals surface area contributed by atoms with Crippen LogP contribution >= 0.6 is 0 Å². The molecule has 4 aromatic carbocycles. The molecule has 80 heavy (non-hydrogen) atoms. The van der Waals surface area contributed by atoms with Crippen LogP contribution in [0.3, 0.4) is 0 Å². The van der Waals surface area contributed by atoms with Crippen LogP contribution < -0.4 is 70.9 Å². The fourth-order valence-electron chi connectivity index (χ4n) is 8.54. The minimum Gasteiger partial charge on any atom is -0.508 e. The first kappa shape index (κ1) is 61.6. The maximum absolute atomic E-state index is 13.4.